The van der Waals surface area contributed by atoms with Gasteiger partial charge in [-0.25, -0.2) is 13.1 Å². The third kappa shape index (κ3) is 4.92. The summed E-state index contributed by atoms with van der Waals surface area (Å²) >= 11 is 1.41. The van der Waals surface area contributed by atoms with E-state index in [1.807, 2.05) is 0 Å². The lowest BCUT2D eigenvalue weighted by molar-refractivity contribution is -0.113. The second-order valence-corrected chi connectivity index (χ2v) is 10.1. The molecule has 7 nitrogen and oxygen atoms in total. The minimum Gasteiger partial charge on any atom is -0.324 e. The van der Waals surface area contributed by atoms with Crippen molar-refractivity contribution in [2.75, 3.05) is 16.4 Å². The number of carbonyl (C=O) groups is 2. The highest BCUT2D eigenvalue weighted by Gasteiger charge is 2.22. The molecule has 0 bridgehead atoms. The number of fused-ring (bicyclic) bond motifs is 1. The molecule has 0 fully saturated rings. The van der Waals surface area contributed by atoms with Gasteiger partial charge in [-0.2, -0.15) is 0 Å². The fourth-order valence-corrected chi connectivity index (χ4v) is 4.88. The predicted molar refractivity (Wildman–Crippen MR) is 110 cm³/mol. The van der Waals surface area contributed by atoms with Crippen LogP contribution in [0.15, 0.2) is 52.3 Å². The molecule has 0 saturated heterocycles. The van der Waals surface area contributed by atoms with Crippen molar-refractivity contribution >= 4 is 45.0 Å². The van der Waals surface area contributed by atoms with Crippen LogP contribution in [0.3, 0.4) is 0 Å². The summed E-state index contributed by atoms with van der Waals surface area (Å²) in [5.74, 6) is -0.159. The summed E-state index contributed by atoms with van der Waals surface area (Å²) in [6, 6.07) is 11.1. The third-order valence-electron chi connectivity index (χ3n) is 3.72. The molecule has 0 aromatic heterocycles. The third-order valence-corrected chi connectivity index (χ3v) is 6.55. The van der Waals surface area contributed by atoms with Crippen LogP contribution in [-0.2, 0) is 14.8 Å². The molecule has 0 aliphatic carbocycles. The van der Waals surface area contributed by atoms with Crippen molar-refractivity contribution in [1.29, 1.82) is 0 Å². The lowest BCUT2D eigenvalue weighted by Crippen LogP contribution is -2.40. The summed E-state index contributed by atoms with van der Waals surface area (Å²) in [6.07, 6.45) is 0. The average molecular weight is 420 g/mol. The zero-order valence-electron chi connectivity index (χ0n) is 15.7. The normalized spacial score (nSPS) is 14.2. The van der Waals surface area contributed by atoms with Crippen LogP contribution in [0, 0.1) is 0 Å². The van der Waals surface area contributed by atoms with Crippen LogP contribution in [0.2, 0.25) is 0 Å². The van der Waals surface area contributed by atoms with Crippen LogP contribution in [0.1, 0.15) is 31.1 Å². The van der Waals surface area contributed by atoms with Crippen molar-refractivity contribution in [2.24, 2.45) is 0 Å². The first-order chi connectivity index (χ1) is 13.0. The van der Waals surface area contributed by atoms with E-state index in [0.717, 1.165) is 4.90 Å². The van der Waals surface area contributed by atoms with E-state index >= 15 is 0 Å². The fraction of sp³-hybridized carbons (Fsp3) is 0.263. The fourth-order valence-electron chi connectivity index (χ4n) is 2.63. The van der Waals surface area contributed by atoms with Crippen molar-refractivity contribution in [1.82, 2.24) is 4.72 Å². The first-order valence-corrected chi connectivity index (χ1v) is 11.0. The lowest BCUT2D eigenvalue weighted by atomic mass is 10.1. The van der Waals surface area contributed by atoms with E-state index in [2.05, 4.69) is 15.4 Å². The molecule has 0 atom stereocenters. The van der Waals surface area contributed by atoms with E-state index in [4.69, 9.17) is 0 Å². The Morgan fingerprint density at radius 1 is 1.14 bits per heavy atom. The average Bonchev–Trinajstić information content (AvgIpc) is 2.59. The second-order valence-electron chi connectivity index (χ2n) is 7.39. The number of amides is 2. The second kappa shape index (κ2) is 7.57. The van der Waals surface area contributed by atoms with Gasteiger partial charge in [0, 0.05) is 21.7 Å². The first-order valence-electron chi connectivity index (χ1n) is 8.56. The van der Waals surface area contributed by atoms with E-state index < -0.39 is 21.5 Å². The maximum absolute atomic E-state index is 12.6. The van der Waals surface area contributed by atoms with E-state index in [1.54, 1.807) is 51.1 Å². The van der Waals surface area contributed by atoms with Crippen molar-refractivity contribution in [2.45, 2.75) is 36.1 Å². The summed E-state index contributed by atoms with van der Waals surface area (Å²) in [5.41, 5.74) is 0.698. The quantitative estimate of drug-likeness (QED) is 0.707. The van der Waals surface area contributed by atoms with Crippen LogP contribution in [0.5, 0.6) is 0 Å². The molecule has 0 unspecified atom stereocenters. The molecule has 28 heavy (non-hydrogen) atoms. The van der Waals surface area contributed by atoms with Crippen molar-refractivity contribution in [3.8, 4) is 0 Å². The van der Waals surface area contributed by atoms with Crippen LogP contribution >= 0.6 is 11.8 Å². The smallest absolute Gasteiger partial charge is 0.255 e. The van der Waals surface area contributed by atoms with Crippen LogP contribution in [0.4, 0.5) is 11.4 Å². The molecule has 0 radical (unpaired) electrons. The van der Waals surface area contributed by atoms with Gasteiger partial charge in [-0.05, 0) is 57.2 Å². The predicted octanol–water partition coefficient (Wildman–Crippen LogP) is 3.06. The van der Waals surface area contributed by atoms with Gasteiger partial charge in [0.25, 0.3) is 5.91 Å². The van der Waals surface area contributed by atoms with Gasteiger partial charge in [-0.15, -0.1) is 11.8 Å². The minimum absolute atomic E-state index is 0.0642. The number of sulfonamides is 1. The monoisotopic (exact) mass is 419 g/mol. The largest absolute Gasteiger partial charge is 0.324 e. The van der Waals surface area contributed by atoms with Gasteiger partial charge in [-0.1, -0.05) is 6.07 Å². The van der Waals surface area contributed by atoms with Crippen LogP contribution in [0.25, 0.3) is 0 Å². The summed E-state index contributed by atoms with van der Waals surface area (Å²) < 4.78 is 27.5. The SMILES string of the molecule is CC(C)(C)NS(=O)(=O)c1cccc(NC(=O)c2ccc3c(c2)NC(=O)CS3)c1. The summed E-state index contributed by atoms with van der Waals surface area (Å²) in [6.45, 7) is 5.26. The zero-order chi connectivity index (χ0) is 20.5. The number of anilines is 2. The summed E-state index contributed by atoms with van der Waals surface area (Å²) in [5, 5.41) is 5.44. The van der Waals surface area contributed by atoms with Gasteiger partial charge < -0.3 is 10.6 Å². The number of thioether (sulfide) groups is 1. The molecule has 0 spiro atoms. The molecule has 0 saturated carbocycles. The van der Waals surface area contributed by atoms with Crippen LogP contribution in [-0.4, -0.2) is 31.5 Å². The summed E-state index contributed by atoms with van der Waals surface area (Å²) in [7, 11) is -3.71. The van der Waals surface area contributed by atoms with E-state index in [0.29, 0.717) is 22.7 Å². The first kappa shape index (κ1) is 20.4. The Bertz CT molecular complexity index is 1040. The molecule has 9 heteroatoms. The topological polar surface area (TPSA) is 104 Å². The Hall–Kier alpha value is -2.36. The van der Waals surface area contributed by atoms with Crippen molar-refractivity contribution < 1.29 is 18.0 Å². The van der Waals surface area contributed by atoms with Gasteiger partial charge in [-0.3, -0.25) is 9.59 Å². The molecule has 1 aliphatic heterocycles. The Balaban J connectivity index is 1.80. The van der Waals surface area contributed by atoms with E-state index in [-0.39, 0.29) is 10.8 Å². The molecule has 1 aliphatic rings. The Kier molecular flexibility index (Phi) is 5.51. The highest BCUT2D eigenvalue weighted by Crippen LogP contribution is 2.32. The Morgan fingerprint density at radius 3 is 2.61 bits per heavy atom. The van der Waals surface area contributed by atoms with Crippen molar-refractivity contribution in [3.63, 3.8) is 0 Å². The standard InChI is InChI=1S/C19H21N3O4S2/c1-19(2,3)22-28(25,26)14-6-4-5-13(10-14)20-18(24)12-7-8-16-15(9-12)21-17(23)11-27-16/h4-10,22H,11H2,1-3H3,(H,20,24)(H,21,23). The number of rotatable bonds is 4. The molecule has 1 heterocycles. The highest BCUT2D eigenvalue weighted by molar-refractivity contribution is 8.00. The van der Waals surface area contributed by atoms with Crippen LogP contribution < -0.4 is 15.4 Å². The lowest BCUT2D eigenvalue weighted by Gasteiger charge is -2.20. The molecule has 2 aromatic carbocycles. The van der Waals surface area contributed by atoms with Crippen molar-refractivity contribution in [3.05, 3.63) is 48.0 Å². The molecular weight excluding hydrogens is 398 g/mol. The molecule has 3 rings (SSSR count). The number of hydrogen-bond acceptors (Lipinski definition) is 5. The molecule has 2 amide bonds. The highest BCUT2D eigenvalue weighted by atomic mass is 32.2. The maximum Gasteiger partial charge on any atom is 0.255 e. The van der Waals surface area contributed by atoms with E-state index in [1.165, 1.54) is 23.9 Å². The Morgan fingerprint density at radius 2 is 1.89 bits per heavy atom. The zero-order valence-corrected chi connectivity index (χ0v) is 17.3. The molecule has 148 valence electrons. The molecule has 3 N–H and O–H groups in total. The number of hydrogen-bond donors (Lipinski definition) is 3. The number of benzene rings is 2. The number of carbonyl (C=O) groups excluding carboxylic acids is 2. The maximum atomic E-state index is 12.6. The molecular formula is C19H21N3O4S2. The van der Waals surface area contributed by atoms with Gasteiger partial charge in [0.2, 0.25) is 15.9 Å². The van der Waals surface area contributed by atoms with Gasteiger partial charge >= 0.3 is 0 Å². The minimum atomic E-state index is -3.71. The van der Waals surface area contributed by atoms with E-state index in [9.17, 15) is 18.0 Å². The Labute approximate surface area is 168 Å². The molecule has 2 aromatic rings. The summed E-state index contributed by atoms with van der Waals surface area (Å²) in [4.78, 5) is 25.1. The van der Waals surface area contributed by atoms with Gasteiger partial charge in [0.15, 0.2) is 0 Å². The number of nitrogens with one attached hydrogen (secondary N) is 3. The van der Waals surface area contributed by atoms with Gasteiger partial charge in [0.05, 0.1) is 16.3 Å². The van der Waals surface area contributed by atoms with Gasteiger partial charge in [0.1, 0.15) is 0 Å².